The molecule has 2 amide bonds. The minimum Gasteiger partial charge on any atom is -0.467 e. The lowest BCUT2D eigenvalue weighted by atomic mass is 9.96. The highest BCUT2D eigenvalue weighted by molar-refractivity contribution is 5.89. The molecule has 2 aromatic rings. The standard InChI is InChI=1S/C17H24N4O3/c1-11(8-13(22)14-6-5-7-24-14)20-16(23)21-12-9-18-15(19-10-12)17(2,3)4/h5-7,9-11,13,22H,8H2,1-4H3,(H2,20,21,23). The molecule has 0 saturated carbocycles. The third kappa shape index (κ3) is 5.06. The van der Waals surface area contributed by atoms with Gasteiger partial charge in [-0.3, -0.25) is 0 Å². The fraction of sp³-hybridized carbons (Fsp3) is 0.471. The minimum absolute atomic E-state index is 0.142. The Morgan fingerprint density at radius 3 is 2.54 bits per heavy atom. The van der Waals surface area contributed by atoms with Gasteiger partial charge in [-0.15, -0.1) is 0 Å². The lowest BCUT2D eigenvalue weighted by molar-refractivity contribution is 0.130. The molecule has 0 fully saturated rings. The van der Waals surface area contributed by atoms with Crippen molar-refractivity contribution in [1.82, 2.24) is 15.3 Å². The molecule has 130 valence electrons. The Morgan fingerprint density at radius 1 is 1.33 bits per heavy atom. The number of hydrogen-bond donors (Lipinski definition) is 3. The Hall–Kier alpha value is -2.41. The van der Waals surface area contributed by atoms with Gasteiger partial charge < -0.3 is 20.2 Å². The largest absolute Gasteiger partial charge is 0.467 e. The fourth-order valence-corrected chi connectivity index (χ4v) is 2.16. The summed E-state index contributed by atoms with van der Waals surface area (Å²) in [6.45, 7) is 7.88. The molecule has 0 aliphatic rings. The number of aliphatic hydroxyl groups excluding tert-OH is 1. The van der Waals surface area contributed by atoms with Gasteiger partial charge in [0.05, 0.1) is 24.3 Å². The van der Waals surface area contributed by atoms with Crippen molar-refractivity contribution >= 4 is 11.7 Å². The molecular formula is C17H24N4O3. The number of carbonyl (C=O) groups excluding carboxylic acids is 1. The average molecular weight is 332 g/mol. The summed E-state index contributed by atoms with van der Waals surface area (Å²) in [4.78, 5) is 20.5. The van der Waals surface area contributed by atoms with E-state index in [2.05, 4.69) is 20.6 Å². The first-order valence-corrected chi connectivity index (χ1v) is 7.87. The number of furan rings is 1. The van der Waals surface area contributed by atoms with Crippen molar-refractivity contribution in [2.24, 2.45) is 0 Å². The van der Waals surface area contributed by atoms with Gasteiger partial charge in [-0.25, -0.2) is 14.8 Å². The Morgan fingerprint density at radius 2 is 2.00 bits per heavy atom. The minimum atomic E-state index is -0.760. The zero-order valence-corrected chi connectivity index (χ0v) is 14.4. The van der Waals surface area contributed by atoms with Gasteiger partial charge in [-0.1, -0.05) is 20.8 Å². The summed E-state index contributed by atoms with van der Waals surface area (Å²) in [5.41, 5.74) is 0.372. The Kier molecular flexibility index (Phi) is 5.56. The van der Waals surface area contributed by atoms with Crippen LogP contribution in [0.15, 0.2) is 35.2 Å². The SMILES string of the molecule is CC(CC(O)c1ccco1)NC(=O)Nc1cnc(C(C)(C)C)nc1. The topological polar surface area (TPSA) is 100 Å². The molecule has 0 saturated heterocycles. The lowest BCUT2D eigenvalue weighted by Gasteiger charge is -2.18. The number of aromatic nitrogens is 2. The number of rotatable bonds is 5. The van der Waals surface area contributed by atoms with Crippen molar-refractivity contribution in [3.05, 3.63) is 42.4 Å². The highest BCUT2D eigenvalue weighted by Crippen LogP contribution is 2.19. The van der Waals surface area contributed by atoms with Crippen LogP contribution in [0.4, 0.5) is 10.5 Å². The van der Waals surface area contributed by atoms with Crippen LogP contribution in [-0.4, -0.2) is 27.1 Å². The van der Waals surface area contributed by atoms with E-state index in [1.54, 1.807) is 24.5 Å². The normalized spacial score (nSPS) is 14.0. The highest BCUT2D eigenvalue weighted by atomic mass is 16.4. The first-order valence-electron chi connectivity index (χ1n) is 7.87. The molecule has 7 nitrogen and oxygen atoms in total. The molecule has 2 atom stereocenters. The van der Waals surface area contributed by atoms with E-state index in [-0.39, 0.29) is 17.5 Å². The molecule has 2 rings (SSSR count). The van der Waals surface area contributed by atoms with E-state index in [9.17, 15) is 9.90 Å². The van der Waals surface area contributed by atoms with E-state index in [0.717, 1.165) is 0 Å². The molecule has 7 heteroatoms. The second-order valence-electron chi connectivity index (χ2n) is 6.81. The lowest BCUT2D eigenvalue weighted by Crippen LogP contribution is -2.37. The molecule has 2 heterocycles. The van der Waals surface area contributed by atoms with Crippen molar-refractivity contribution in [3.8, 4) is 0 Å². The van der Waals surface area contributed by atoms with Crippen LogP contribution in [-0.2, 0) is 5.41 Å². The molecule has 0 spiro atoms. The highest BCUT2D eigenvalue weighted by Gasteiger charge is 2.18. The van der Waals surface area contributed by atoms with E-state index in [4.69, 9.17) is 4.42 Å². The van der Waals surface area contributed by atoms with Gasteiger partial charge in [0.1, 0.15) is 17.7 Å². The maximum atomic E-state index is 12.0. The Balaban J connectivity index is 1.84. The molecule has 24 heavy (non-hydrogen) atoms. The summed E-state index contributed by atoms with van der Waals surface area (Å²) < 4.78 is 5.14. The Labute approximate surface area is 141 Å². The smallest absolute Gasteiger partial charge is 0.319 e. The number of carbonyl (C=O) groups is 1. The van der Waals surface area contributed by atoms with Crippen LogP contribution in [0.25, 0.3) is 0 Å². The number of anilines is 1. The van der Waals surface area contributed by atoms with Crippen molar-refractivity contribution in [3.63, 3.8) is 0 Å². The first-order chi connectivity index (χ1) is 11.3. The monoisotopic (exact) mass is 332 g/mol. The number of hydrogen-bond acceptors (Lipinski definition) is 5. The van der Waals surface area contributed by atoms with Gasteiger partial charge in [0, 0.05) is 17.9 Å². The maximum absolute atomic E-state index is 12.0. The number of aliphatic hydroxyl groups is 1. The van der Waals surface area contributed by atoms with Gasteiger partial charge in [-0.05, 0) is 19.1 Å². The van der Waals surface area contributed by atoms with Gasteiger partial charge in [0.2, 0.25) is 0 Å². The van der Waals surface area contributed by atoms with Crippen LogP contribution in [0.2, 0.25) is 0 Å². The number of nitrogens with zero attached hydrogens (tertiary/aromatic N) is 2. The Bertz CT molecular complexity index is 647. The summed E-state index contributed by atoms with van der Waals surface area (Å²) in [5, 5.41) is 15.4. The predicted octanol–water partition coefficient (Wildman–Crippen LogP) is 3.00. The van der Waals surface area contributed by atoms with Crippen LogP contribution in [0.3, 0.4) is 0 Å². The fourth-order valence-electron chi connectivity index (χ4n) is 2.16. The summed E-state index contributed by atoms with van der Waals surface area (Å²) in [5.74, 6) is 1.19. The molecule has 2 aromatic heterocycles. The molecule has 0 aliphatic carbocycles. The van der Waals surface area contributed by atoms with Crippen molar-refractivity contribution in [2.45, 2.75) is 51.7 Å². The summed E-state index contributed by atoms with van der Waals surface area (Å²) in [6, 6.07) is 2.80. The zero-order chi connectivity index (χ0) is 17.7. The summed E-state index contributed by atoms with van der Waals surface area (Å²) in [6.07, 6.45) is 4.25. The summed E-state index contributed by atoms with van der Waals surface area (Å²) in [7, 11) is 0. The van der Waals surface area contributed by atoms with Crippen LogP contribution in [0.1, 0.15) is 51.8 Å². The van der Waals surface area contributed by atoms with Crippen LogP contribution >= 0.6 is 0 Å². The van der Waals surface area contributed by atoms with Crippen molar-refractivity contribution in [1.29, 1.82) is 0 Å². The first kappa shape index (κ1) is 17.9. The van der Waals surface area contributed by atoms with Gasteiger partial charge >= 0.3 is 6.03 Å². The third-order valence-electron chi connectivity index (χ3n) is 3.41. The van der Waals surface area contributed by atoms with E-state index in [0.29, 0.717) is 23.7 Å². The predicted molar refractivity (Wildman–Crippen MR) is 90.6 cm³/mol. The second-order valence-corrected chi connectivity index (χ2v) is 6.81. The zero-order valence-electron chi connectivity index (χ0n) is 14.4. The van der Waals surface area contributed by atoms with Crippen LogP contribution in [0, 0.1) is 0 Å². The molecule has 0 aromatic carbocycles. The third-order valence-corrected chi connectivity index (χ3v) is 3.41. The van der Waals surface area contributed by atoms with E-state index < -0.39 is 6.10 Å². The van der Waals surface area contributed by atoms with Crippen molar-refractivity contribution in [2.75, 3.05) is 5.32 Å². The number of nitrogens with one attached hydrogen (secondary N) is 2. The van der Waals surface area contributed by atoms with Crippen molar-refractivity contribution < 1.29 is 14.3 Å². The van der Waals surface area contributed by atoms with E-state index in [1.807, 2.05) is 27.7 Å². The number of amides is 2. The average Bonchev–Trinajstić information content (AvgIpc) is 3.00. The molecule has 2 unspecified atom stereocenters. The van der Waals surface area contributed by atoms with Crippen LogP contribution < -0.4 is 10.6 Å². The van der Waals surface area contributed by atoms with Gasteiger partial charge in [0.15, 0.2) is 0 Å². The van der Waals surface area contributed by atoms with E-state index >= 15 is 0 Å². The molecule has 0 radical (unpaired) electrons. The maximum Gasteiger partial charge on any atom is 0.319 e. The van der Waals surface area contributed by atoms with E-state index in [1.165, 1.54) is 6.26 Å². The quantitative estimate of drug-likeness (QED) is 0.781. The second kappa shape index (κ2) is 7.44. The molecular weight excluding hydrogens is 308 g/mol. The van der Waals surface area contributed by atoms with Gasteiger partial charge in [-0.2, -0.15) is 0 Å². The van der Waals surface area contributed by atoms with Gasteiger partial charge in [0.25, 0.3) is 0 Å². The van der Waals surface area contributed by atoms with Crippen LogP contribution in [0.5, 0.6) is 0 Å². The molecule has 3 N–H and O–H groups in total. The molecule has 0 aliphatic heterocycles. The number of urea groups is 1. The molecule has 0 bridgehead atoms. The summed E-state index contributed by atoms with van der Waals surface area (Å²) >= 11 is 0.